The normalized spacial score (nSPS) is 11.0. The van der Waals surface area contributed by atoms with E-state index in [9.17, 15) is 0 Å². The molecule has 3 aromatic rings. The summed E-state index contributed by atoms with van der Waals surface area (Å²) in [6.07, 6.45) is 0.0841. The molecule has 0 aliphatic carbocycles. The molecule has 21 heavy (non-hydrogen) atoms. The number of anilines is 1. The number of rotatable bonds is 3. The minimum absolute atomic E-state index is 0.0841. The summed E-state index contributed by atoms with van der Waals surface area (Å²) in [7, 11) is 0. The second-order valence-corrected chi connectivity index (χ2v) is 5.11. The van der Waals surface area contributed by atoms with Gasteiger partial charge in [0.1, 0.15) is 11.4 Å². The van der Waals surface area contributed by atoms with Gasteiger partial charge in [0.05, 0.1) is 17.1 Å². The average Bonchev–Trinajstić information content (AvgIpc) is 2.47. The molecule has 1 heterocycles. The Kier molecular flexibility index (Phi) is 3.44. The molecule has 0 aliphatic heterocycles. The van der Waals surface area contributed by atoms with Crippen LogP contribution in [-0.4, -0.2) is 16.1 Å². The largest absolute Gasteiger partial charge is 0.490 e. The molecule has 0 atom stereocenters. The van der Waals surface area contributed by atoms with Gasteiger partial charge in [-0.25, -0.2) is 9.97 Å². The third-order valence-electron chi connectivity index (χ3n) is 3.10. The highest BCUT2D eigenvalue weighted by atomic mass is 16.5. The Morgan fingerprint density at radius 3 is 2.24 bits per heavy atom. The molecule has 1 aromatic heterocycles. The molecular weight excluding hydrogens is 262 g/mol. The van der Waals surface area contributed by atoms with Crippen molar-refractivity contribution in [3.05, 3.63) is 48.5 Å². The van der Waals surface area contributed by atoms with Crippen molar-refractivity contribution in [3.63, 3.8) is 0 Å². The monoisotopic (exact) mass is 279 g/mol. The Morgan fingerprint density at radius 2 is 1.52 bits per heavy atom. The SMILES string of the molecule is CC(C)Oc1ccccc1-c1nc2ccccc2nc1N. The predicted molar refractivity (Wildman–Crippen MR) is 85.2 cm³/mol. The van der Waals surface area contributed by atoms with Crippen LogP contribution in [0.25, 0.3) is 22.3 Å². The second-order valence-electron chi connectivity index (χ2n) is 5.11. The number of nitrogens with two attached hydrogens (primary N) is 1. The lowest BCUT2D eigenvalue weighted by molar-refractivity contribution is 0.243. The van der Waals surface area contributed by atoms with E-state index in [2.05, 4.69) is 9.97 Å². The van der Waals surface area contributed by atoms with Gasteiger partial charge in [-0.1, -0.05) is 24.3 Å². The summed E-state index contributed by atoms with van der Waals surface area (Å²) in [5.74, 6) is 1.18. The van der Waals surface area contributed by atoms with E-state index < -0.39 is 0 Å². The van der Waals surface area contributed by atoms with Crippen molar-refractivity contribution in [1.29, 1.82) is 0 Å². The number of para-hydroxylation sites is 3. The molecule has 2 N–H and O–H groups in total. The van der Waals surface area contributed by atoms with Gasteiger partial charge in [-0.15, -0.1) is 0 Å². The topological polar surface area (TPSA) is 61.0 Å². The third kappa shape index (κ3) is 2.65. The summed E-state index contributed by atoms with van der Waals surface area (Å²) in [5, 5.41) is 0. The van der Waals surface area contributed by atoms with Gasteiger partial charge in [-0.3, -0.25) is 0 Å². The molecule has 4 heteroatoms. The zero-order chi connectivity index (χ0) is 14.8. The van der Waals surface area contributed by atoms with Gasteiger partial charge in [0.25, 0.3) is 0 Å². The number of hydrogen-bond donors (Lipinski definition) is 1. The maximum Gasteiger partial charge on any atom is 0.150 e. The Hall–Kier alpha value is -2.62. The van der Waals surface area contributed by atoms with E-state index in [4.69, 9.17) is 10.5 Å². The molecule has 0 radical (unpaired) electrons. The molecule has 0 unspecified atom stereocenters. The molecular formula is C17H17N3O. The molecule has 3 rings (SSSR count). The first-order valence-corrected chi connectivity index (χ1v) is 6.93. The number of hydrogen-bond acceptors (Lipinski definition) is 4. The molecule has 2 aromatic carbocycles. The van der Waals surface area contributed by atoms with Crippen molar-refractivity contribution in [2.24, 2.45) is 0 Å². The highest BCUT2D eigenvalue weighted by molar-refractivity contribution is 5.84. The van der Waals surface area contributed by atoms with Crippen molar-refractivity contribution < 1.29 is 4.74 Å². The Labute approximate surface area is 123 Å². The van der Waals surface area contributed by atoms with E-state index in [1.54, 1.807) is 0 Å². The highest BCUT2D eigenvalue weighted by Gasteiger charge is 2.13. The van der Waals surface area contributed by atoms with Crippen LogP contribution >= 0.6 is 0 Å². The Morgan fingerprint density at radius 1 is 0.905 bits per heavy atom. The average molecular weight is 279 g/mol. The van der Waals surface area contributed by atoms with Crippen molar-refractivity contribution >= 4 is 16.9 Å². The lowest BCUT2D eigenvalue weighted by Crippen LogP contribution is -2.07. The molecule has 0 saturated carbocycles. The Bertz CT molecular complexity index is 784. The van der Waals surface area contributed by atoms with E-state index >= 15 is 0 Å². The number of benzene rings is 2. The molecule has 0 bridgehead atoms. The lowest BCUT2D eigenvalue weighted by atomic mass is 10.1. The van der Waals surface area contributed by atoms with Crippen molar-refractivity contribution in [1.82, 2.24) is 9.97 Å². The van der Waals surface area contributed by atoms with Gasteiger partial charge >= 0.3 is 0 Å². The van der Waals surface area contributed by atoms with Gasteiger partial charge < -0.3 is 10.5 Å². The number of fused-ring (bicyclic) bond motifs is 1. The number of aromatic nitrogens is 2. The van der Waals surface area contributed by atoms with Crippen molar-refractivity contribution in [3.8, 4) is 17.0 Å². The van der Waals surface area contributed by atoms with Gasteiger partial charge in [0, 0.05) is 5.56 Å². The van der Waals surface area contributed by atoms with Crippen LogP contribution in [0.4, 0.5) is 5.82 Å². The van der Waals surface area contributed by atoms with Crippen molar-refractivity contribution in [2.75, 3.05) is 5.73 Å². The van der Waals surface area contributed by atoms with Crippen molar-refractivity contribution in [2.45, 2.75) is 20.0 Å². The second kappa shape index (κ2) is 5.40. The van der Waals surface area contributed by atoms with E-state index in [0.717, 1.165) is 22.3 Å². The van der Waals surface area contributed by atoms with Gasteiger partial charge in [0.2, 0.25) is 0 Å². The highest BCUT2D eigenvalue weighted by Crippen LogP contribution is 2.33. The van der Waals surface area contributed by atoms with E-state index in [0.29, 0.717) is 11.5 Å². The maximum atomic E-state index is 6.09. The van der Waals surface area contributed by atoms with Crippen LogP contribution in [0.1, 0.15) is 13.8 Å². The summed E-state index contributed by atoms with van der Waals surface area (Å²) >= 11 is 0. The summed E-state index contributed by atoms with van der Waals surface area (Å²) in [5.41, 5.74) is 9.22. The third-order valence-corrected chi connectivity index (χ3v) is 3.10. The number of ether oxygens (including phenoxy) is 1. The van der Waals surface area contributed by atoms with Gasteiger partial charge in [-0.2, -0.15) is 0 Å². The van der Waals surface area contributed by atoms with Crippen LogP contribution in [0.15, 0.2) is 48.5 Å². The molecule has 0 aliphatic rings. The van der Waals surface area contributed by atoms with Crippen LogP contribution in [0.2, 0.25) is 0 Å². The number of nitrogens with zero attached hydrogens (tertiary/aromatic N) is 2. The smallest absolute Gasteiger partial charge is 0.150 e. The van der Waals surface area contributed by atoms with E-state index in [-0.39, 0.29) is 6.10 Å². The Balaban J connectivity index is 2.18. The van der Waals surface area contributed by atoms with E-state index in [1.807, 2.05) is 62.4 Å². The van der Waals surface area contributed by atoms with Crippen LogP contribution in [0, 0.1) is 0 Å². The zero-order valence-corrected chi connectivity index (χ0v) is 12.1. The standard InChI is InChI=1S/C17H17N3O/c1-11(2)21-15-10-6-3-7-12(15)16-17(18)20-14-9-5-4-8-13(14)19-16/h3-11H,1-2H3,(H2,18,20). The minimum atomic E-state index is 0.0841. The zero-order valence-electron chi connectivity index (χ0n) is 12.1. The first-order chi connectivity index (χ1) is 10.1. The minimum Gasteiger partial charge on any atom is -0.490 e. The maximum absolute atomic E-state index is 6.09. The summed E-state index contributed by atoms with van der Waals surface area (Å²) in [4.78, 5) is 9.08. The first kappa shape index (κ1) is 13.4. The summed E-state index contributed by atoms with van der Waals surface area (Å²) < 4.78 is 5.84. The van der Waals surface area contributed by atoms with Crippen LogP contribution in [-0.2, 0) is 0 Å². The molecule has 0 saturated heterocycles. The number of nitrogen functional groups attached to an aromatic ring is 1. The van der Waals surface area contributed by atoms with Gasteiger partial charge in [0.15, 0.2) is 5.82 Å². The molecule has 0 spiro atoms. The molecule has 0 amide bonds. The van der Waals surface area contributed by atoms with Crippen LogP contribution in [0.3, 0.4) is 0 Å². The fraction of sp³-hybridized carbons (Fsp3) is 0.176. The van der Waals surface area contributed by atoms with E-state index in [1.165, 1.54) is 0 Å². The molecule has 106 valence electrons. The molecule has 4 nitrogen and oxygen atoms in total. The summed E-state index contributed by atoms with van der Waals surface area (Å²) in [6, 6.07) is 15.4. The lowest BCUT2D eigenvalue weighted by Gasteiger charge is -2.14. The summed E-state index contributed by atoms with van der Waals surface area (Å²) in [6.45, 7) is 3.98. The fourth-order valence-electron chi connectivity index (χ4n) is 2.23. The van der Waals surface area contributed by atoms with Gasteiger partial charge in [-0.05, 0) is 38.1 Å². The first-order valence-electron chi connectivity index (χ1n) is 6.93. The predicted octanol–water partition coefficient (Wildman–Crippen LogP) is 3.67. The molecule has 0 fully saturated rings. The van der Waals surface area contributed by atoms with Crippen LogP contribution < -0.4 is 10.5 Å². The quantitative estimate of drug-likeness (QED) is 0.794. The fourth-order valence-corrected chi connectivity index (χ4v) is 2.23. The van der Waals surface area contributed by atoms with Crippen LogP contribution in [0.5, 0.6) is 5.75 Å².